The fourth-order valence-electron chi connectivity index (χ4n) is 6.77. The van der Waals surface area contributed by atoms with Crippen LogP contribution in [0.2, 0.25) is 0 Å². The number of nitrogens with zero attached hydrogens (tertiary/aromatic N) is 2. The number of fused-ring (bicyclic) bond motifs is 10. The molecule has 10 heteroatoms. The van der Waals surface area contributed by atoms with Gasteiger partial charge in [0.2, 0.25) is 23.6 Å². The van der Waals surface area contributed by atoms with E-state index >= 15 is 0 Å². The lowest BCUT2D eigenvalue weighted by molar-refractivity contribution is -0.143. The largest absolute Gasteiger partial charge is 0.483 e. The number of hydrogen-bond donors (Lipinski definition) is 3. The topological polar surface area (TPSA) is 120 Å². The van der Waals surface area contributed by atoms with Gasteiger partial charge in [-0.3, -0.25) is 24.1 Å². The summed E-state index contributed by atoms with van der Waals surface area (Å²) >= 11 is 0. The molecule has 3 aliphatic rings. The van der Waals surface area contributed by atoms with E-state index in [0.717, 1.165) is 16.7 Å². The van der Waals surface area contributed by atoms with E-state index in [1.54, 1.807) is 29.3 Å². The number of nitrogens with one attached hydrogen (secondary N) is 3. The van der Waals surface area contributed by atoms with Gasteiger partial charge in [0.05, 0.1) is 6.04 Å². The Morgan fingerprint density at radius 2 is 1.48 bits per heavy atom. The second-order valence-electron chi connectivity index (χ2n) is 13.5. The predicted molar refractivity (Wildman–Crippen MR) is 200 cm³/mol. The quantitative estimate of drug-likeness (QED) is 0.240. The monoisotopic (exact) mass is 699 g/mol. The lowest BCUT2D eigenvalue weighted by atomic mass is 9.98. The highest BCUT2D eigenvalue weighted by molar-refractivity contribution is 5.96. The first-order chi connectivity index (χ1) is 25.3. The lowest BCUT2D eigenvalue weighted by Gasteiger charge is -2.34. The molecule has 268 valence electrons. The molecule has 4 aromatic rings. The summed E-state index contributed by atoms with van der Waals surface area (Å²) in [6, 6.07) is 32.2. The second kappa shape index (κ2) is 17.0. The molecular weight excluding hydrogens is 654 g/mol. The number of hydrogen-bond acceptors (Lipinski definition) is 6. The van der Waals surface area contributed by atoms with Crippen molar-refractivity contribution in [3.63, 3.8) is 0 Å². The van der Waals surface area contributed by atoms with Gasteiger partial charge in [-0.25, -0.2) is 0 Å². The molecule has 1 fully saturated rings. The molecule has 4 aromatic carbocycles. The maximum absolute atomic E-state index is 14.5. The van der Waals surface area contributed by atoms with Gasteiger partial charge in [-0.2, -0.15) is 0 Å². The highest BCUT2D eigenvalue weighted by Crippen LogP contribution is 2.28. The highest BCUT2D eigenvalue weighted by atomic mass is 16.5. The van der Waals surface area contributed by atoms with Crippen LogP contribution < -0.4 is 20.7 Å². The van der Waals surface area contributed by atoms with Crippen LogP contribution in [0.3, 0.4) is 0 Å². The molecule has 4 amide bonds. The van der Waals surface area contributed by atoms with Crippen molar-refractivity contribution in [2.75, 3.05) is 20.6 Å². The summed E-state index contributed by atoms with van der Waals surface area (Å²) in [5, 5.41) is 8.75. The number of likely N-dealkylation sites (tertiary alicyclic amines) is 1. The smallest absolute Gasteiger partial charge is 0.247 e. The Morgan fingerprint density at radius 3 is 2.13 bits per heavy atom. The first kappa shape index (κ1) is 36.1. The lowest BCUT2D eigenvalue weighted by Crippen LogP contribution is -2.59. The number of carbonyl (C=O) groups is 4. The van der Waals surface area contributed by atoms with E-state index in [9.17, 15) is 19.2 Å². The molecule has 3 heterocycles. The molecule has 10 nitrogen and oxygen atoms in total. The summed E-state index contributed by atoms with van der Waals surface area (Å²) < 4.78 is 6.55. The highest BCUT2D eigenvalue weighted by Gasteiger charge is 2.42. The van der Waals surface area contributed by atoms with E-state index in [2.05, 4.69) is 16.0 Å². The van der Waals surface area contributed by atoms with Crippen molar-refractivity contribution in [2.45, 2.75) is 56.0 Å². The number of benzene rings is 4. The normalized spacial score (nSPS) is 21.1. The van der Waals surface area contributed by atoms with Gasteiger partial charge in [-0.1, -0.05) is 103 Å². The third-order valence-electron chi connectivity index (χ3n) is 9.59. The van der Waals surface area contributed by atoms with Gasteiger partial charge < -0.3 is 25.6 Å². The number of likely N-dealkylation sites (N-methyl/N-ethyl adjacent to an activating group) is 1. The van der Waals surface area contributed by atoms with Crippen molar-refractivity contribution in [2.24, 2.45) is 0 Å². The first-order valence-electron chi connectivity index (χ1n) is 17.7. The van der Waals surface area contributed by atoms with Gasteiger partial charge in [0.15, 0.2) is 6.10 Å². The van der Waals surface area contributed by atoms with Crippen molar-refractivity contribution < 1.29 is 23.9 Å². The Morgan fingerprint density at radius 1 is 0.846 bits per heavy atom. The molecule has 5 atom stereocenters. The minimum atomic E-state index is -1.27. The number of carbonyl (C=O) groups excluding carboxylic acids is 4. The number of ether oxygens (including phenoxy) is 1. The summed E-state index contributed by atoms with van der Waals surface area (Å²) in [5.41, 5.74) is 3.36. The third kappa shape index (κ3) is 8.94. The van der Waals surface area contributed by atoms with E-state index in [1.807, 2.05) is 122 Å². The molecule has 0 aliphatic carbocycles. The zero-order valence-corrected chi connectivity index (χ0v) is 29.5. The summed E-state index contributed by atoms with van der Waals surface area (Å²) in [6.45, 7) is 0.421. The molecule has 0 radical (unpaired) electrons. The minimum Gasteiger partial charge on any atom is -0.483 e. The molecule has 0 saturated carbocycles. The van der Waals surface area contributed by atoms with Gasteiger partial charge >= 0.3 is 0 Å². The average Bonchev–Trinajstić information content (AvgIpc) is 3.66. The molecule has 0 aromatic heterocycles. The second-order valence-corrected chi connectivity index (χ2v) is 13.5. The summed E-state index contributed by atoms with van der Waals surface area (Å²) in [4.78, 5) is 60.2. The van der Waals surface area contributed by atoms with Crippen LogP contribution in [-0.2, 0) is 32.0 Å². The molecule has 1 saturated heterocycles. The Hall–Kier alpha value is -5.74. The van der Waals surface area contributed by atoms with E-state index in [0.29, 0.717) is 37.1 Å². The van der Waals surface area contributed by atoms with E-state index in [4.69, 9.17) is 4.74 Å². The summed E-state index contributed by atoms with van der Waals surface area (Å²) in [5.74, 6) is -1.12. The third-order valence-corrected chi connectivity index (χ3v) is 9.59. The van der Waals surface area contributed by atoms with Crippen molar-refractivity contribution >= 4 is 29.7 Å². The van der Waals surface area contributed by atoms with E-state index in [1.165, 1.54) is 0 Å². The Bertz CT molecular complexity index is 1850. The standard InChI is InChI=1S/C42H45N5O5/c1-46(2)36(28-31-15-8-4-9-16-31)42(51)47-26-12-19-35(47)40(49)45-37-38(32-17-10-5-11-18-32)52-33-22-20-29(21-23-33)24-25-43-39(48)34(44-41(37)50)27-30-13-6-3-7-14-30/h3-11,13-18,20-25,34-38H,12,19,26-28H2,1-2H3,(H,43,48)(H,44,50)(H,45,49)/t34-,35+,36+,37+,38+/m0/s1. The van der Waals surface area contributed by atoms with Crippen molar-refractivity contribution in [3.05, 3.63) is 144 Å². The maximum Gasteiger partial charge on any atom is 0.247 e. The van der Waals surface area contributed by atoms with E-state index in [-0.39, 0.29) is 12.3 Å². The number of rotatable bonds is 9. The van der Waals surface area contributed by atoms with Gasteiger partial charge in [-0.15, -0.1) is 0 Å². The van der Waals surface area contributed by atoms with Crippen LogP contribution in [-0.4, -0.2) is 78.2 Å². The Kier molecular flexibility index (Phi) is 11.8. The number of amides is 4. The molecule has 0 spiro atoms. The zero-order chi connectivity index (χ0) is 36.5. The predicted octanol–water partition coefficient (Wildman–Crippen LogP) is 4.28. The van der Waals surface area contributed by atoms with Crippen LogP contribution >= 0.6 is 0 Å². The Balaban J connectivity index is 1.33. The summed E-state index contributed by atoms with van der Waals surface area (Å²) in [7, 11) is 3.73. The first-order valence-corrected chi connectivity index (χ1v) is 17.7. The van der Waals surface area contributed by atoms with Gasteiger partial charge in [0, 0.05) is 19.2 Å². The van der Waals surface area contributed by atoms with E-state index < -0.39 is 48.0 Å². The SMILES string of the molecule is CN(C)[C@H](Cc1ccccc1)C(=O)N1CCC[C@@H]1C(=O)N[C@H]1C(=O)N[C@@H](Cc2ccccc2)C(=O)NC=Cc2ccc(cc2)O[C@@H]1c1ccccc1. The average molecular weight is 700 g/mol. The van der Waals surface area contributed by atoms with Crippen molar-refractivity contribution in [3.8, 4) is 5.75 Å². The molecule has 3 aliphatic heterocycles. The Labute approximate surface area is 304 Å². The maximum atomic E-state index is 14.5. The van der Waals surface area contributed by atoms with Gasteiger partial charge in [0.1, 0.15) is 23.9 Å². The van der Waals surface area contributed by atoms with Crippen LogP contribution in [0, 0.1) is 0 Å². The molecular formula is C42H45N5O5. The van der Waals surface area contributed by atoms with Crippen LogP contribution in [0.15, 0.2) is 121 Å². The van der Waals surface area contributed by atoms with Crippen LogP contribution in [0.25, 0.3) is 6.08 Å². The van der Waals surface area contributed by atoms with Gasteiger partial charge in [-0.05, 0) is 73.8 Å². The molecule has 7 rings (SSSR count). The van der Waals surface area contributed by atoms with Gasteiger partial charge in [0.25, 0.3) is 0 Å². The summed E-state index contributed by atoms with van der Waals surface area (Å²) in [6.07, 6.45) is 4.13. The fraction of sp³-hybridized carbons (Fsp3) is 0.286. The van der Waals surface area contributed by atoms with Crippen LogP contribution in [0.1, 0.15) is 41.2 Å². The zero-order valence-electron chi connectivity index (χ0n) is 29.5. The molecule has 52 heavy (non-hydrogen) atoms. The van der Waals surface area contributed by atoms with Crippen LogP contribution in [0.5, 0.6) is 5.75 Å². The molecule has 0 unspecified atom stereocenters. The van der Waals surface area contributed by atoms with Crippen molar-refractivity contribution in [1.29, 1.82) is 0 Å². The molecule has 3 N–H and O–H groups in total. The minimum absolute atomic E-state index is 0.148. The van der Waals surface area contributed by atoms with Crippen LogP contribution in [0.4, 0.5) is 0 Å². The van der Waals surface area contributed by atoms with Crippen molar-refractivity contribution in [1.82, 2.24) is 25.8 Å². The molecule has 2 bridgehead atoms. The fourth-order valence-corrected chi connectivity index (χ4v) is 6.77.